The molecule has 2 aromatic rings. The predicted molar refractivity (Wildman–Crippen MR) is 96.5 cm³/mol. The lowest BCUT2D eigenvalue weighted by atomic mass is 9.94. The van der Waals surface area contributed by atoms with Crippen molar-refractivity contribution in [3.05, 3.63) is 51.1 Å². The normalized spacial score (nSPS) is 18.7. The molecule has 1 saturated heterocycles. The third-order valence-electron chi connectivity index (χ3n) is 5.62. The number of fused-ring (bicyclic) bond motifs is 1. The highest BCUT2D eigenvalue weighted by Gasteiger charge is 2.33. The highest BCUT2D eigenvalue weighted by Crippen LogP contribution is 2.36. The highest BCUT2D eigenvalue weighted by molar-refractivity contribution is 7.71. The number of carbonyl (C=O) groups is 1. The van der Waals surface area contributed by atoms with Crippen molar-refractivity contribution in [2.45, 2.75) is 44.6 Å². The number of aryl methyl sites for hydroxylation is 1. The van der Waals surface area contributed by atoms with Crippen molar-refractivity contribution < 1.29 is 22.4 Å². The van der Waals surface area contributed by atoms with Crippen LogP contribution in [0.4, 0.5) is 17.6 Å². The number of aromatic amines is 1. The Morgan fingerprint density at radius 3 is 2.43 bits per heavy atom. The molecule has 150 valence electrons. The van der Waals surface area contributed by atoms with Crippen molar-refractivity contribution >= 4 is 18.1 Å². The van der Waals surface area contributed by atoms with E-state index >= 15 is 0 Å². The molecule has 0 spiro atoms. The summed E-state index contributed by atoms with van der Waals surface area (Å²) < 4.78 is 57.6. The second-order valence-corrected chi connectivity index (χ2v) is 7.72. The number of carbonyl (C=O) groups excluding carboxylic acids is 1. The van der Waals surface area contributed by atoms with Crippen molar-refractivity contribution in [3.63, 3.8) is 0 Å². The Hall–Kier alpha value is -2.16. The number of H-pyrrole nitrogens is 1. The second-order valence-electron chi connectivity index (χ2n) is 7.34. The number of rotatable bonds is 4. The van der Waals surface area contributed by atoms with Crippen molar-refractivity contribution in [2.75, 3.05) is 13.1 Å². The van der Waals surface area contributed by atoms with Crippen LogP contribution in [-0.2, 0) is 24.2 Å². The quantitative estimate of drug-likeness (QED) is 0.468. The molecule has 2 aliphatic rings. The monoisotopic (exact) mass is 413 g/mol. The van der Waals surface area contributed by atoms with Gasteiger partial charge in [-0.25, -0.2) is 17.6 Å². The van der Waals surface area contributed by atoms with Gasteiger partial charge in [-0.05, 0) is 37.9 Å². The van der Waals surface area contributed by atoms with Crippen LogP contribution in [0, 0.1) is 28.0 Å². The van der Waals surface area contributed by atoms with Crippen LogP contribution < -0.4 is 0 Å². The Morgan fingerprint density at radius 2 is 1.79 bits per heavy atom. The molecular formula is C19H19F4N3OS. The number of hydrogen-bond acceptors (Lipinski definition) is 2. The van der Waals surface area contributed by atoms with E-state index in [0.717, 1.165) is 37.3 Å². The minimum Gasteiger partial charge on any atom is -0.343 e. The van der Waals surface area contributed by atoms with Crippen LogP contribution in [0.15, 0.2) is 6.07 Å². The third-order valence-corrected chi connectivity index (χ3v) is 5.94. The summed E-state index contributed by atoms with van der Waals surface area (Å²) in [5.41, 5.74) is 0.875. The van der Waals surface area contributed by atoms with E-state index in [4.69, 9.17) is 12.2 Å². The Balaban J connectivity index is 1.55. The molecule has 1 amide bonds. The van der Waals surface area contributed by atoms with Gasteiger partial charge >= 0.3 is 0 Å². The maximum Gasteiger partial charge on any atom is 0.222 e. The zero-order valence-electron chi connectivity index (χ0n) is 15.0. The molecule has 1 aromatic heterocycles. The third kappa shape index (κ3) is 3.25. The van der Waals surface area contributed by atoms with E-state index in [9.17, 15) is 22.4 Å². The molecule has 3 heterocycles. The molecule has 0 unspecified atom stereocenters. The second kappa shape index (κ2) is 7.35. The fourth-order valence-corrected chi connectivity index (χ4v) is 4.51. The van der Waals surface area contributed by atoms with E-state index in [1.165, 1.54) is 0 Å². The summed E-state index contributed by atoms with van der Waals surface area (Å²) in [5.74, 6) is -6.25. The van der Waals surface area contributed by atoms with Crippen LogP contribution in [0.3, 0.4) is 0 Å². The van der Waals surface area contributed by atoms with Gasteiger partial charge < -0.3 is 14.5 Å². The first kappa shape index (κ1) is 19.2. The van der Waals surface area contributed by atoms with E-state index in [2.05, 4.69) is 4.98 Å². The number of benzene rings is 1. The van der Waals surface area contributed by atoms with Crippen LogP contribution in [0.1, 0.15) is 42.1 Å². The zero-order chi connectivity index (χ0) is 20.0. The number of amides is 1. The molecule has 0 bridgehead atoms. The van der Waals surface area contributed by atoms with Gasteiger partial charge in [0.2, 0.25) is 5.91 Å². The van der Waals surface area contributed by atoms with Gasteiger partial charge in [0, 0.05) is 55.0 Å². The number of halogens is 4. The summed E-state index contributed by atoms with van der Waals surface area (Å²) in [6, 6.07) is 0.213. The van der Waals surface area contributed by atoms with Crippen LogP contribution in [0.25, 0.3) is 0 Å². The maximum absolute atomic E-state index is 14.2. The zero-order valence-corrected chi connectivity index (χ0v) is 15.9. The molecule has 0 aliphatic carbocycles. The topological polar surface area (TPSA) is 41.0 Å². The van der Waals surface area contributed by atoms with E-state index < -0.39 is 34.8 Å². The van der Waals surface area contributed by atoms with Gasteiger partial charge in [0.15, 0.2) is 28.0 Å². The lowest BCUT2D eigenvalue weighted by molar-refractivity contribution is -0.130. The average Bonchev–Trinajstić information content (AvgIpc) is 3.37. The molecule has 1 fully saturated rings. The molecule has 4 rings (SSSR count). The number of aromatic nitrogens is 2. The van der Waals surface area contributed by atoms with Crippen molar-refractivity contribution in [1.29, 1.82) is 0 Å². The number of imidazole rings is 1. The average molecular weight is 413 g/mol. The van der Waals surface area contributed by atoms with Crippen molar-refractivity contribution in [1.82, 2.24) is 14.5 Å². The van der Waals surface area contributed by atoms with Gasteiger partial charge in [-0.2, -0.15) is 0 Å². The van der Waals surface area contributed by atoms with E-state index in [-0.39, 0.29) is 24.9 Å². The summed E-state index contributed by atoms with van der Waals surface area (Å²) in [6.45, 7) is 1.67. The Bertz CT molecular complexity index is 968. The van der Waals surface area contributed by atoms with Crippen LogP contribution in [0.2, 0.25) is 0 Å². The van der Waals surface area contributed by atoms with Gasteiger partial charge in [-0.1, -0.05) is 0 Å². The molecule has 1 aromatic carbocycles. The Labute approximate surface area is 164 Å². The molecule has 2 aliphatic heterocycles. The van der Waals surface area contributed by atoms with Gasteiger partial charge in [0.05, 0.1) is 0 Å². The van der Waals surface area contributed by atoms with E-state index in [1.54, 1.807) is 4.57 Å². The molecule has 0 saturated carbocycles. The summed E-state index contributed by atoms with van der Waals surface area (Å²) >= 11 is 5.28. The van der Waals surface area contributed by atoms with Crippen LogP contribution in [-0.4, -0.2) is 33.4 Å². The summed E-state index contributed by atoms with van der Waals surface area (Å²) in [5, 5.41) is 0. The first-order valence-electron chi connectivity index (χ1n) is 9.28. The first-order chi connectivity index (χ1) is 13.4. The number of nitrogens with zero attached hydrogens (tertiary/aromatic N) is 2. The van der Waals surface area contributed by atoms with Gasteiger partial charge in [0.25, 0.3) is 0 Å². The fraction of sp³-hybridized carbons (Fsp3) is 0.474. The predicted octanol–water partition coefficient (Wildman–Crippen LogP) is 4.00. The largest absolute Gasteiger partial charge is 0.343 e. The number of nitrogens with one attached hydrogen (secondary N) is 1. The molecule has 0 radical (unpaired) electrons. The number of hydrogen-bond donors (Lipinski definition) is 1. The molecule has 1 N–H and O–H groups in total. The van der Waals surface area contributed by atoms with Gasteiger partial charge in [-0.3, -0.25) is 4.79 Å². The minimum atomic E-state index is -1.41. The standard InChI is InChI=1S/C19H19F4N3OS/c20-11-8-12(21)18(23)16(17(11)22)10-7-14-13(24-19(28)26(14)9-10)3-4-15(27)25-5-1-2-6-25/h8,10H,1-7,9H2,(H,24,28)/t10-/m0/s1. The van der Waals surface area contributed by atoms with Crippen LogP contribution >= 0.6 is 12.2 Å². The summed E-state index contributed by atoms with van der Waals surface area (Å²) in [4.78, 5) is 17.2. The fourth-order valence-electron chi connectivity index (χ4n) is 4.21. The smallest absolute Gasteiger partial charge is 0.222 e. The van der Waals surface area contributed by atoms with Crippen molar-refractivity contribution in [3.8, 4) is 0 Å². The lowest BCUT2D eigenvalue weighted by Crippen LogP contribution is -2.27. The number of likely N-dealkylation sites (tertiary alicyclic amines) is 1. The lowest BCUT2D eigenvalue weighted by Gasteiger charge is -2.15. The molecule has 1 atom stereocenters. The maximum atomic E-state index is 14.2. The molecule has 9 heteroatoms. The molecule has 4 nitrogen and oxygen atoms in total. The van der Waals surface area contributed by atoms with Gasteiger partial charge in [-0.15, -0.1) is 0 Å². The van der Waals surface area contributed by atoms with Crippen LogP contribution in [0.5, 0.6) is 0 Å². The van der Waals surface area contributed by atoms with Gasteiger partial charge in [0.1, 0.15) is 0 Å². The Morgan fingerprint density at radius 1 is 1.14 bits per heavy atom. The van der Waals surface area contributed by atoms with E-state index in [0.29, 0.717) is 17.6 Å². The Kier molecular flexibility index (Phi) is 5.03. The minimum absolute atomic E-state index is 0.0654. The molecular weight excluding hydrogens is 394 g/mol. The SMILES string of the molecule is O=C(CCc1[nH]c(=S)n2c1C[C@H](c1c(F)c(F)cc(F)c1F)C2)N1CCCC1. The van der Waals surface area contributed by atoms with E-state index in [1.807, 2.05) is 4.90 Å². The molecule has 28 heavy (non-hydrogen) atoms. The summed E-state index contributed by atoms with van der Waals surface area (Å²) in [6.07, 6.45) is 2.95. The highest BCUT2D eigenvalue weighted by atomic mass is 32.1. The summed E-state index contributed by atoms with van der Waals surface area (Å²) in [7, 11) is 0. The van der Waals surface area contributed by atoms with Crippen molar-refractivity contribution in [2.24, 2.45) is 0 Å². The first-order valence-corrected chi connectivity index (χ1v) is 9.69.